The highest BCUT2D eigenvalue weighted by Gasteiger charge is 2.22. The molecule has 21 heavy (non-hydrogen) atoms. The van der Waals surface area contributed by atoms with E-state index in [4.69, 9.17) is 4.42 Å². The van der Waals surface area contributed by atoms with Crippen molar-refractivity contribution in [2.75, 3.05) is 27.2 Å². The van der Waals surface area contributed by atoms with Gasteiger partial charge in [-0.3, -0.25) is 4.90 Å². The molecule has 1 aromatic rings. The maximum atomic E-state index is 5.71. The average molecular weight is 293 g/mol. The molecule has 1 fully saturated rings. The number of furan rings is 1. The summed E-state index contributed by atoms with van der Waals surface area (Å²) >= 11 is 0. The molecule has 120 valence electrons. The van der Waals surface area contributed by atoms with Gasteiger partial charge in [-0.15, -0.1) is 0 Å². The Labute approximate surface area is 129 Å². The van der Waals surface area contributed by atoms with Gasteiger partial charge in [-0.2, -0.15) is 0 Å². The van der Waals surface area contributed by atoms with Crippen LogP contribution in [0.15, 0.2) is 16.7 Å². The minimum absolute atomic E-state index is 0.137. The highest BCUT2D eigenvalue weighted by Crippen LogP contribution is 2.19. The van der Waals surface area contributed by atoms with Crippen LogP contribution in [0.25, 0.3) is 0 Å². The number of likely N-dealkylation sites (tertiary alicyclic amines) is 1. The van der Waals surface area contributed by atoms with Crippen molar-refractivity contribution in [3.63, 3.8) is 0 Å². The normalized spacial score (nSPS) is 18.6. The molecule has 0 amide bonds. The molecular formula is C17H31N3O. The molecule has 4 nitrogen and oxygen atoms in total. The molecule has 2 rings (SSSR count). The molecule has 0 unspecified atom stereocenters. The van der Waals surface area contributed by atoms with Gasteiger partial charge < -0.3 is 14.6 Å². The number of piperidine rings is 1. The molecule has 0 aliphatic carbocycles. The molecule has 0 atom stereocenters. The quantitative estimate of drug-likeness (QED) is 0.904. The predicted octanol–water partition coefficient (Wildman–Crippen LogP) is 2.69. The Bertz CT molecular complexity index is 425. The topological polar surface area (TPSA) is 31.6 Å². The lowest BCUT2D eigenvalue weighted by Gasteiger charge is -2.34. The van der Waals surface area contributed by atoms with Gasteiger partial charge in [0.05, 0.1) is 12.8 Å². The fraction of sp³-hybridized carbons (Fsp3) is 0.765. The molecule has 1 aliphatic heterocycles. The van der Waals surface area contributed by atoms with Gasteiger partial charge in [-0.05, 0) is 53.8 Å². The van der Waals surface area contributed by atoms with Gasteiger partial charge in [-0.25, -0.2) is 0 Å². The summed E-state index contributed by atoms with van der Waals surface area (Å²) in [6, 6.07) is 2.83. The first-order chi connectivity index (χ1) is 9.85. The third kappa shape index (κ3) is 5.13. The van der Waals surface area contributed by atoms with Crippen LogP contribution in [-0.4, -0.2) is 48.6 Å². The molecule has 1 aromatic heterocycles. The SMILES string of the molecule is CN(C)C1CCN(Cc2occc2CNC(C)(C)C)CC1. The number of hydrogen-bond acceptors (Lipinski definition) is 4. The van der Waals surface area contributed by atoms with E-state index >= 15 is 0 Å². The van der Waals surface area contributed by atoms with E-state index in [2.05, 4.69) is 56.0 Å². The standard InChI is InChI=1S/C17H31N3O/c1-17(2,3)18-12-14-8-11-21-16(14)13-20-9-6-15(7-10-20)19(4)5/h8,11,15,18H,6-7,9-10,12-13H2,1-5H3. The lowest BCUT2D eigenvalue weighted by Crippen LogP contribution is -2.41. The Balaban J connectivity index is 1.85. The Morgan fingerprint density at radius 3 is 2.52 bits per heavy atom. The van der Waals surface area contributed by atoms with E-state index < -0.39 is 0 Å². The van der Waals surface area contributed by atoms with Crippen LogP contribution in [0.3, 0.4) is 0 Å². The second-order valence-electron chi connectivity index (χ2n) is 7.44. The highest BCUT2D eigenvalue weighted by atomic mass is 16.3. The number of rotatable bonds is 5. The molecule has 1 aliphatic rings. The average Bonchev–Trinajstić information content (AvgIpc) is 2.83. The minimum Gasteiger partial charge on any atom is -0.468 e. The smallest absolute Gasteiger partial charge is 0.122 e. The number of nitrogens with zero attached hydrogens (tertiary/aromatic N) is 2. The lowest BCUT2D eigenvalue weighted by atomic mass is 10.0. The van der Waals surface area contributed by atoms with E-state index in [1.54, 1.807) is 0 Å². The molecule has 1 saturated heterocycles. The largest absolute Gasteiger partial charge is 0.468 e. The predicted molar refractivity (Wildman–Crippen MR) is 87.3 cm³/mol. The van der Waals surface area contributed by atoms with Crippen molar-refractivity contribution >= 4 is 0 Å². The van der Waals surface area contributed by atoms with Crippen LogP contribution < -0.4 is 5.32 Å². The van der Waals surface area contributed by atoms with E-state index in [1.165, 1.54) is 18.4 Å². The van der Waals surface area contributed by atoms with Crippen molar-refractivity contribution in [1.82, 2.24) is 15.1 Å². The van der Waals surface area contributed by atoms with E-state index in [9.17, 15) is 0 Å². The Kier molecular flexibility index (Phi) is 5.47. The Morgan fingerprint density at radius 1 is 1.29 bits per heavy atom. The third-order valence-corrected chi connectivity index (χ3v) is 4.30. The summed E-state index contributed by atoms with van der Waals surface area (Å²) in [5.41, 5.74) is 1.43. The molecule has 0 spiro atoms. The molecule has 0 saturated carbocycles. The molecule has 1 N–H and O–H groups in total. The Morgan fingerprint density at radius 2 is 1.95 bits per heavy atom. The molecule has 0 bridgehead atoms. The molecule has 2 heterocycles. The molecular weight excluding hydrogens is 262 g/mol. The van der Waals surface area contributed by atoms with Gasteiger partial charge in [0.25, 0.3) is 0 Å². The van der Waals surface area contributed by atoms with Crippen molar-refractivity contribution in [3.05, 3.63) is 23.7 Å². The van der Waals surface area contributed by atoms with Crippen molar-refractivity contribution in [2.24, 2.45) is 0 Å². The highest BCUT2D eigenvalue weighted by molar-refractivity contribution is 5.17. The van der Waals surface area contributed by atoms with Crippen LogP contribution in [0.1, 0.15) is 44.9 Å². The molecule has 0 aromatic carbocycles. The molecule has 0 radical (unpaired) electrons. The van der Waals surface area contributed by atoms with Crippen LogP contribution in [0.5, 0.6) is 0 Å². The van der Waals surface area contributed by atoms with Crippen LogP contribution in [-0.2, 0) is 13.1 Å². The van der Waals surface area contributed by atoms with Crippen molar-refractivity contribution in [2.45, 2.75) is 58.3 Å². The fourth-order valence-corrected chi connectivity index (χ4v) is 2.82. The first kappa shape index (κ1) is 16.5. The monoisotopic (exact) mass is 293 g/mol. The summed E-state index contributed by atoms with van der Waals surface area (Å²) in [6.07, 6.45) is 4.33. The zero-order valence-corrected chi connectivity index (χ0v) is 14.3. The van der Waals surface area contributed by atoms with Crippen LogP contribution >= 0.6 is 0 Å². The fourth-order valence-electron chi connectivity index (χ4n) is 2.82. The summed E-state index contributed by atoms with van der Waals surface area (Å²) in [7, 11) is 4.37. The van der Waals surface area contributed by atoms with E-state index in [0.29, 0.717) is 0 Å². The maximum Gasteiger partial charge on any atom is 0.122 e. The van der Waals surface area contributed by atoms with Crippen molar-refractivity contribution in [1.29, 1.82) is 0 Å². The van der Waals surface area contributed by atoms with Crippen molar-refractivity contribution in [3.8, 4) is 0 Å². The van der Waals surface area contributed by atoms with E-state index in [0.717, 1.165) is 38.0 Å². The van der Waals surface area contributed by atoms with Gasteiger partial charge in [0, 0.05) is 36.8 Å². The second kappa shape index (κ2) is 6.95. The van der Waals surface area contributed by atoms with Gasteiger partial charge in [0.15, 0.2) is 0 Å². The molecule has 4 heteroatoms. The van der Waals surface area contributed by atoms with Crippen molar-refractivity contribution < 1.29 is 4.42 Å². The maximum absolute atomic E-state index is 5.71. The summed E-state index contributed by atoms with van der Waals surface area (Å²) in [5.74, 6) is 1.12. The third-order valence-electron chi connectivity index (χ3n) is 4.30. The van der Waals surface area contributed by atoms with E-state index in [1.807, 2.05) is 6.26 Å². The summed E-state index contributed by atoms with van der Waals surface area (Å²) in [4.78, 5) is 4.86. The second-order valence-corrected chi connectivity index (χ2v) is 7.44. The zero-order valence-electron chi connectivity index (χ0n) is 14.3. The van der Waals surface area contributed by atoms with Crippen LogP contribution in [0.4, 0.5) is 0 Å². The van der Waals surface area contributed by atoms with Crippen LogP contribution in [0.2, 0.25) is 0 Å². The summed E-state index contributed by atoms with van der Waals surface area (Å²) in [5, 5.41) is 3.54. The zero-order chi connectivity index (χ0) is 15.5. The minimum atomic E-state index is 0.137. The Hall–Kier alpha value is -0.840. The summed E-state index contributed by atoms with van der Waals surface area (Å²) in [6.45, 7) is 10.7. The first-order valence-electron chi connectivity index (χ1n) is 8.04. The number of nitrogens with one attached hydrogen (secondary N) is 1. The lowest BCUT2D eigenvalue weighted by molar-refractivity contribution is 0.133. The number of hydrogen-bond donors (Lipinski definition) is 1. The van der Waals surface area contributed by atoms with Gasteiger partial charge in [0.2, 0.25) is 0 Å². The summed E-state index contributed by atoms with van der Waals surface area (Å²) < 4.78 is 5.71. The van der Waals surface area contributed by atoms with Crippen LogP contribution in [0, 0.1) is 0 Å². The first-order valence-corrected chi connectivity index (χ1v) is 8.04. The van der Waals surface area contributed by atoms with E-state index in [-0.39, 0.29) is 5.54 Å². The van der Waals surface area contributed by atoms with Gasteiger partial charge in [-0.1, -0.05) is 0 Å². The van der Waals surface area contributed by atoms with Gasteiger partial charge >= 0.3 is 0 Å². The van der Waals surface area contributed by atoms with Gasteiger partial charge in [0.1, 0.15) is 5.76 Å².